The molecule has 1 atom stereocenters. The van der Waals surface area contributed by atoms with E-state index < -0.39 is 0 Å². The number of aryl methyl sites for hydroxylation is 2. The van der Waals surface area contributed by atoms with Gasteiger partial charge in [0.2, 0.25) is 5.91 Å². The molecule has 0 aliphatic heterocycles. The third kappa shape index (κ3) is 4.86. The van der Waals surface area contributed by atoms with Crippen LogP contribution in [0.1, 0.15) is 23.9 Å². The number of carbonyl (C=O) groups is 1. The lowest BCUT2D eigenvalue weighted by molar-refractivity contribution is -0.116. The third-order valence-corrected chi connectivity index (χ3v) is 3.93. The predicted octanol–water partition coefficient (Wildman–Crippen LogP) is 2.64. The lowest BCUT2D eigenvalue weighted by Gasteiger charge is -2.16. The molecule has 6 nitrogen and oxygen atoms in total. The number of nitrogens with one attached hydrogen (secondary N) is 1. The number of methoxy groups -OCH3 is 1. The molecule has 0 aliphatic rings. The van der Waals surface area contributed by atoms with Gasteiger partial charge in [0.05, 0.1) is 19.3 Å². The van der Waals surface area contributed by atoms with Crippen LogP contribution in [0.2, 0.25) is 0 Å². The highest BCUT2D eigenvalue weighted by atomic mass is 16.5. The monoisotopic (exact) mass is 343 g/mol. The Kier molecular flexibility index (Phi) is 6.22. The Hall–Kier alpha value is -2.76. The molecular formula is C19H25N3O3. The summed E-state index contributed by atoms with van der Waals surface area (Å²) in [4.78, 5) is 12.0. The largest absolute Gasteiger partial charge is 0.493 e. The van der Waals surface area contributed by atoms with Crippen LogP contribution in [0.4, 0.5) is 0 Å². The molecule has 1 unspecified atom stereocenters. The molecule has 134 valence electrons. The van der Waals surface area contributed by atoms with Crippen molar-refractivity contribution in [3.8, 4) is 11.5 Å². The van der Waals surface area contributed by atoms with Crippen molar-refractivity contribution in [1.29, 1.82) is 0 Å². The number of nitrogens with zero attached hydrogens (tertiary/aromatic N) is 2. The quantitative estimate of drug-likeness (QED) is 0.785. The van der Waals surface area contributed by atoms with Crippen LogP contribution in [0.5, 0.6) is 11.5 Å². The number of para-hydroxylation sites is 2. The van der Waals surface area contributed by atoms with Crippen molar-refractivity contribution in [2.75, 3.05) is 13.7 Å². The van der Waals surface area contributed by atoms with E-state index in [1.807, 2.05) is 52.1 Å². The number of ether oxygens (including phenoxy) is 2. The third-order valence-electron chi connectivity index (χ3n) is 3.93. The molecule has 0 bridgehead atoms. The smallest absolute Gasteiger partial charge is 0.244 e. The zero-order valence-electron chi connectivity index (χ0n) is 15.4. The van der Waals surface area contributed by atoms with Crippen LogP contribution in [0.3, 0.4) is 0 Å². The summed E-state index contributed by atoms with van der Waals surface area (Å²) in [5, 5.41) is 7.17. The van der Waals surface area contributed by atoms with E-state index in [1.165, 1.54) is 6.08 Å². The maximum atomic E-state index is 12.0. The first kappa shape index (κ1) is 18.6. The van der Waals surface area contributed by atoms with Crippen molar-refractivity contribution in [2.45, 2.75) is 26.9 Å². The minimum Gasteiger partial charge on any atom is -0.493 e. The first-order valence-electron chi connectivity index (χ1n) is 8.18. The molecule has 0 spiro atoms. The van der Waals surface area contributed by atoms with Gasteiger partial charge in [0.25, 0.3) is 0 Å². The summed E-state index contributed by atoms with van der Waals surface area (Å²) in [5.74, 6) is 1.16. The Bertz CT molecular complexity index is 765. The van der Waals surface area contributed by atoms with Crippen molar-refractivity contribution in [3.05, 3.63) is 47.3 Å². The van der Waals surface area contributed by atoms with Gasteiger partial charge in [0.1, 0.15) is 6.10 Å². The first-order valence-corrected chi connectivity index (χ1v) is 8.18. The van der Waals surface area contributed by atoms with Gasteiger partial charge < -0.3 is 14.8 Å². The normalized spacial score (nSPS) is 12.2. The van der Waals surface area contributed by atoms with Crippen LogP contribution >= 0.6 is 0 Å². The average molecular weight is 343 g/mol. The van der Waals surface area contributed by atoms with Gasteiger partial charge in [-0.1, -0.05) is 12.1 Å². The SMILES string of the molecule is COc1ccccc1OC(C)CNC(=O)C=Cc1c(C)nn(C)c1C. The van der Waals surface area contributed by atoms with E-state index >= 15 is 0 Å². The molecule has 2 rings (SSSR count). The highest BCUT2D eigenvalue weighted by molar-refractivity contribution is 5.92. The second-order valence-electron chi connectivity index (χ2n) is 5.87. The topological polar surface area (TPSA) is 65.4 Å². The van der Waals surface area contributed by atoms with Gasteiger partial charge in [-0.3, -0.25) is 9.48 Å². The van der Waals surface area contributed by atoms with Gasteiger partial charge in [0.15, 0.2) is 11.5 Å². The second kappa shape index (κ2) is 8.37. The predicted molar refractivity (Wildman–Crippen MR) is 97.8 cm³/mol. The summed E-state index contributed by atoms with van der Waals surface area (Å²) in [7, 11) is 3.48. The minimum atomic E-state index is -0.185. The van der Waals surface area contributed by atoms with E-state index in [0.717, 1.165) is 17.0 Å². The van der Waals surface area contributed by atoms with E-state index in [1.54, 1.807) is 17.9 Å². The molecule has 6 heteroatoms. The summed E-state index contributed by atoms with van der Waals surface area (Å²) >= 11 is 0. The molecule has 1 aromatic heterocycles. The van der Waals surface area contributed by atoms with Crippen molar-refractivity contribution >= 4 is 12.0 Å². The number of amides is 1. The van der Waals surface area contributed by atoms with Crippen LogP contribution in [0.25, 0.3) is 6.08 Å². The molecule has 1 aromatic carbocycles. The summed E-state index contributed by atoms with van der Waals surface area (Å²) in [6.45, 7) is 6.19. The fourth-order valence-electron chi connectivity index (χ4n) is 2.47. The molecule has 1 N–H and O–H groups in total. The van der Waals surface area contributed by atoms with Gasteiger partial charge >= 0.3 is 0 Å². The molecule has 1 heterocycles. The Morgan fingerprint density at radius 3 is 2.60 bits per heavy atom. The fourth-order valence-corrected chi connectivity index (χ4v) is 2.47. The maximum Gasteiger partial charge on any atom is 0.244 e. The highest BCUT2D eigenvalue weighted by Crippen LogP contribution is 2.26. The van der Waals surface area contributed by atoms with Crippen molar-refractivity contribution < 1.29 is 14.3 Å². The van der Waals surface area contributed by atoms with Crippen LogP contribution < -0.4 is 14.8 Å². The van der Waals surface area contributed by atoms with Gasteiger partial charge in [-0.05, 0) is 39.0 Å². The van der Waals surface area contributed by atoms with Gasteiger partial charge in [-0.2, -0.15) is 5.10 Å². The van der Waals surface area contributed by atoms with Crippen molar-refractivity contribution in [3.63, 3.8) is 0 Å². The lowest BCUT2D eigenvalue weighted by Crippen LogP contribution is -2.32. The molecular weight excluding hydrogens is 318 g/mol. The fraction of sp³-hybridized carbons (Fsp3) is 0.368. The van der Waals surface area contributed by atoms with E-state index in [-0.39, 0.29) is 12.0 Å². The van der Waals surface area contributed by atoms with Gasteiger partial charge in [-0.25, -0.2) is 0 Å². The summed E-state index contributed by atoms with van der Waals surface area (Å²) < 4.78 is 12.9. The Morgan fingerprint density at radius 1 is 1.32 bits per heavy atom. The number of aromatic nitrogens is 2. The minimum absolute atomic E-state index is 0.168. The van der Waals surface area contributed by atoms with E-state index in [4.69, 9.17) is 9.47 Å². The highest BCUT2D eigenvalue weighted by Gasteiger charge is 2.10. The molecule has 0 aliphatic carbocycles. The molecule has 0 radical (unpaired) electrons. The molecule has 0 saturated carbocycles. The molecule has 25 heavy (non-hydrogen) atoms. The average Bonchev–Trinajstić information content (AvgIpc) is 2.84. The molecule has 0 saturated heterocycles. The zero-order chi connectivity index (χ0) is 18.4. The first-order chi connectivity index (χ1) is 11.9. The summed E-state index contributed by atoms with van der Waals surface area (Å²) in [5.41, 5.74) is 2.89. The van der Waals surface area contributed by atoms with Crippen molar-refractivity contribution in [1.82, 2.24) is 15.1 Å². The Morgan fingerprint density at radius 2 is 2.00 bits per heavy atom. The summed E-state index contributed by atoms with van der Waals surface area (Å²) in [6.07, 6.45) is 3.13. The van der Waals surface area contributed by atoms with E-state index in [2.05, 4.69) is 10.4 Å². The van der Waals surface area contributed by atoms with E-state index in [0.29, 0.717) is 18.0 Å². The molecule has 0 fully saturated rings. The van der Waals surface area contributed by atoms with Crippen LogP contribution in [0.15, 0.2) is 30.3 Å². The Labute approximate surface area is 148 Å². The standard InChI is InChI=1S/C19H25N3O3/c1-13(25-18-9-7-6-8-17(18)24-5)12-20-19(23)11-10-16-14(2)21-22(4)15(16)3/h6-11,13H,12H2,1-5H3,(H,20,23). The zero-order valence-corrected chi connectivity index (χ0v) is 15.4. The Balaban J connectivity index is 1.88. The lowest BCUT2D eigenvalue weighted by atomic mass is 10.2. The number of hydrogen-bond acceptors (Lipinski definition) is 4. The number of rotatable bonds is 7. The van der Waals surface area contributed by atoms with Crippen LogP contribution in [-0.4, -0.2) is 35.4 Å². The van der Waals surface area contributed by atoms with Crippen LogP contribution in [-0.2, 0) is 11.8 Å². The molecule has 2 aromatic rings. The van der Waals surface area contributed by atoms with Gasteiger partial charge in [0, 0.05) is 24.4 Å². The summed E-state index contributed by atoms with van der Waals surface area (Å²) in [6, 6.07) is 7.43. The number of benzene rings is 1. The maximum absolute atomic E-state index is 12.0. The second-order valence-corrected chi connectivity index (χ2v) is 5.87. The number of hydrogen-bond donors (Lipinski definition) is 1. The number of carbonyl (C=O) groups excluding carboxylic acids is 1. The van der Waals surface area contributed by atoms with Crippen molar-refractivity contribution in [2.24, 2.45) is 7.05 Å². The van der Waals surface area contributed by atoms with Crippen LogP contribution in [0, 0.1) is 13.8 Å². The molecule has 1 amide bonds. The van der Waals surface area contributed by atoms with Gasteiger partial charge in [-0.15, -0.1) is 0 Å². The van der Waals surface area contributed by atoms with E-state index in [9.17, 15) is 4.79 Å².